The lowest BCUT2D eigenvalue weighted by molar-refractivity contribution is -0.167. The van der Waals surface area contributed by atoms with E-state index in [0.717, 1.165) is 64.2 Å². The number of rotatable bonds is 64. The second-order valence-electron chi connectivity index (χ2n) is 23.5. The fraction of sp³-hybridized carbons (Fsp3) is 0.928. The van der Waals surface area contributed by atoms with Gasteiger partial charge < -0.3 is 14.2 Å². The maximum absolute atomic E-state index is 12.9. The Morgan fingerprint density at radius 2 is 0.440 bits per heavy atom. The third-order valence-electron chi connectivity index (χ3n) is 15.8. The van der Waals surface area contributed by atoms with Crippen LogP contribution in [0.3, 0.4) is 0 Å². The molecular formula is C69H132O6. The van der Waals surface area contributed by atoms with Crippen molar-refractivity contribution in [1.82, 2.24) is 0 Å². The first-order valence-electron chi connectivity index (χ1n) is 34.2. The van der Waals surface area contributed by atoms with Gasteiger partial charge in [0.05, 0.1) is 0 Å². The van der Waals surface area contributed by atoms with Crippen molar-refractivity contribution in [3.63, 3.8) is 0 Å². The summed E-state index contributed by atoms with van der Waals surface area (Å²) in [6.07, 6.45) is 76.7. The Hall–Kier alpha value is -1.85. The van der Waals surface area contributed by atoms with Crippen LogP contribution in [0.2, 0.25) is 0 Å². The Morgan fingerprint density at radius 1 is 0.253 bits per heavy atom. The van der Waals surface area contributed by atoms with Gasteiger partial charge in [-0.1, -0.05) is 341 Å². The summed E-state index contributed by atoms with van der Waals surface area (Å²) in [7, 11) is 0. The Morgan fingerprint density at radius 3 is 0.667 bits per heavy atom. The van der Waals surface area contributed by atoms with E-state index >= 15 is 0 Å². The van der Waals surface area contributed by atoms with Gasteiger partial charge in [0.2, 0.25) is 0 Å². The Labute approximate surface area is 469 Å². The molecule has 0 aromatic carbocycles. The van der Waals surface area contributed by atoms with Gasteiger partial charge in [-0.2, -0.15) is 0 Å². The molecule has 0 rings (SSSR count). The summed E-state index contributed by atoms with van der Waals surface area (Å²) in [5.41, 5.74) is 0. The van der Waals surface area contributed by atoms with Gasteiger partial charge in [-0.15, -0.1) is 0 Å². The van der Waals surface area contributed by atoms with Crippen LogP contribution in [0.15, 0.2) is 12.2 Å². The quantitative estimate of drug-likeness (QED) is 0.0261. The summed E-state index contributed by atoms with van der Waals surface area (Å²) in [6, 6.07) is 0. The zero-order valence-electron chi connectivity index (χ0n) is 51.1. The maximum Gasteiger partial charge on any atom is 0.306 e. The number of esters is 3. The molecule has 0 saturated carbocycles. The maximum atomic E-state index is 12.9. The van der Waals surface area contributed by atoms with E-state index in [1.807, 2.05) is 0 Å². The van der Waals surface area contributed by atoms with Crippen LogP contribution >= 0.6 is 0 Å². The third kappa shape index (κ3) is 62.9. The molecule has 0 spiro atoms. The smallest absolute Gasteiger partial charge is 0.306 e. The zero-order chi connectivity index (χ0) is 54.3. The van der Waals surface area contributed by atoms with Crippen molar-refractivity contribution < 1.29 is 28.6 Å². The molecule has 0 aliphatic carbocycles. The summed E-state index contributed by atoms with van der Waals surface area (Å²) in [5, 5.41) is 0. The molecule has 6 heteroatoms. The lowest BCUT2D eigenvalue weighted by atomic mass is 10.0. The van der Waals surface area contributed by atoms with Gasteiger partial charge in [0.15, 0.2) is 6.10 Å². The minimum atomic E-state index is -0.769. The van der Waals surface area contributed by atoms with Crippen LogP contribution in [0.25, 0.3) is 0 Å². The van der Waals surface area contributed by atoms with Gasteiger partial charge in [-0.25, -0.2) is 0 Å². The van der Waals surface area contributed by atoms with Crippen LogP contribution < -0.4 is 0 Å². The lowest BCUT2D eigenvalue weighted by Crippen LogP contribution is -2.30. The van der Waals surface area contributed by atoms with Crippen molar-refractivity contribution >= 4 is 17.9 Å². The van der Waals surface area contributed by atoms with E-state index in [1.165, 1.54) is 289 Å². The standard InChI is InChI=1S/C69H132O6/c1-4-7-10-13-16-19-22-25-28-30-31-32-33-34-35-36-37-38-39-40-42-44-47-50-53-56-59-62-68(71)74-65-66(64-73-67(70)61-58-55-52-49-46-43-27-24-21-18-15-12-9-6-3)75-69(72)63-60-57-54-51-48-45-41-29-26-23-20-17-14-11-8-5-2/h24,27,66H,4-23,25-26,28-65H2,1-3H3/b27-24-. The molecule has 0 radical (unpaired) electrons. The molecule has 0 N–H and O–H groups in total. The van der Waals surface area contributed by atoms with E-state index in [-0.39, 0.29) is 31.1 Å². The zero-order valence-corrected chi connectivity index (χ0v) is 51.1. The Balaban J connectivity index is 4.17. The molecule has 444 valence electrons. The minimum absolute atomic E-state index is 0.0658. The predicted octanol–water partition coefficient (Wildman–Crippen LogP) is 23.2. The van der Waals surface area contributed by atoms with Crippen molar-refractivity contribution in [3.05, 3.63) is 12.2 Å². The fourth-order valence-electron chi connectivity index (χ4n) is 10.6. The van der Waals surface area contributed by atoms with Crippen molar-refractivity contribution in [2.24, 2.45) is 0 Å². The highest BCUT2D eigenvalue weighted by Gasteiger charge is 2.19. The van der Waals surface area contributed by atoms with Gasteiger partial charge in [-0.3, -0.25) is 14.4 Å². The summed E-state index contributed by atoms with van der Waals surface area (Å²) in [6.45, 7) is 6.71. The summed E-state index contributed by atoms with van der Waals surface area (Å²) >= 11 is 0. The second kappa shape index (κ2) is 64.7. The van der Waals surface area contributed by atoms with Crippen LogP contribution in [-0.4, -0.2) is 37.2 Å². The van der Waals surface area contributed by atoms with Crippen molar-refractivity contribution in [3.8, 4) is 0 Å². The monoisotopic (exact) mass is 1060 g/mol. The molecule has 75 heavy (non-hydrogen) atoms. The highest BCUT2D eigenvalue weighted by molar-refractivity contribution is 5.71. The molecule has 0 aliphatic heterocycles. The predicted molar refractivity (Wildman–Crippen MR) is 326 cm³/mol. The van der Waals surface area contributed by atoms with Crippen LogP contribution in [0.5, 0.6) is 0 Å². The van der Waals surface area contributed by atoms with Gasteiger partial charge >= 0.3 is 17.9 Å². The van der Waals surface area contributed by atoms with Gasteiger partial charge in [0.1, 0.15) is 13.2 Å². The molecule has 0 aromatic rings. The van der Waals surface area contributed by atoms with Gasteiger partial charge in [0, 0.05) is 19.3 Å². The molecule has 0 bridgehead atoms. The minimum Gasteiger partial charge on any atom is -0.462 e. The molecule has 0 saturated heterocycles. The first kappa shape index (κ1) is 73.2. The first-order chi connectivity index (χ1) is 37.0. The molecule has 1 unspecified atom stereocenters. The van der Waals surface area contributed by atoms with E-state index in [4.69, 9.17) is 14.2 Å². The van der Waals surface area contributed by atoms with E-state index in [2.05, 4.69) is 32.9 Å². The summed E-state index contributed by atoms with van der Waals surface area (Å²) in [5.74, 6) is -0.842. The highest BCUT2D eigenvalue weighted by atomic mass is 16.6. The fourth-order valence-corrected chi connectivity index (χ4v) is 10.6. The number of unbranched alkanes of at least 4 members (excludes halogenated alkanes) is 51. The number of ether oxygens (including phenoxy) is 3. The van der Waals surface area contributed by atoms with E-state index in [0.29, 0.717) is 19.3 Å². The molecule has 6 nitrogen and oxygen atoms in total. The largest absolute Gasteiger partial charge is 0.462 e. The molecule has 0 aromatic heterocycles. The molecule has 0 aliphatic rings. The SMILES string of the molecule is CCCCCCC/C=C\CCCCCCCC(=O)OCC(COC(=O)CCCCCCCCCCCCCCCCCCCCCCCCCCCCC)OC(=O)CCCCCCCCCCCCCCCCCC. The number of hydrogen-bond acceptors (Lipinski definition) is 6. The Kier molecular flexibility index (Phi) is 63.1. The summed E-state index contributed by atoms with van der Waals surface area (Å²) < 4.78 is 17.0. The summed E-state index contributed by atoms with van der Waals surface area (Å²) in [4.78, 5) is 38.3. The number of carbonyl (C=O) groups excluding carboxylic acids is 3. The number of allylic oxidation sites excluding steroid dienone is 2. The average Bonchev–Trinajstić information content (AvgIpc) is 3.41. The van der Waals surface area contributed by atoms with Crippen molar-refractivity contribution in [1.29, 1.82) is 0 Å². The van der Waals surface area contributed by atoms with Crippen LogP contribution in [-0.2, 0) is 28.6 Å². The lowest BCUT2D eigenvalue weighted by Gasteiger charge is -2.18. The van der Waals surface area contributed by atoms with Crippen LogP contribution in [0.4, 0.5) is 0 Å². The van der Waals surface area contributed by atoms with Crippen LogP contribution in [0.1, 0.15) is 393 Å². The number of hydrogen-bond donors (Lipinski definition) is 0. The molecule has 1 atom stereocenters. The van der Waals surface area contributed by atoms with Crippen molar-refractivity contribution in [2.45, 2.75) is 399 Å². The van der Waals surface area contributed by atoms with Crippen molar-refractivity contribution in [2.75, 3.05) is 13.2 Å². The Bertz CT molecular complexity index is 1170. The molecular weight excluding hydrogens is 925 g/mol. The first-order valence-corrected chi connectivity index (χ1v) is 34.2. The molecule has 0 heterocycles. The van der Waals surface area contributed by atoms with E-state index < -0.39 is 6.10 Å². The average molecular weight is 1060 g/mol. The number of carbonyl (C=O) groups is 3. The molecule has 0 fully saturated rings. The molecule has 0 amide bonds. The van der Waals surface area contributed by atoms with E-state index in [1.54, 1.807) is 0 Å². The van der Waals surface area contributed by atoms with Crippen LogP contribution in [0, 0.1) is 0 Å². The topological polar surface area (TPSA) is 78.9 Å². The second-order valence-corrected chi connectivity index (χ2v) is 23.5. The van der Waals surface area contributed by atoms with Gasteiger partial charge in [-0.05, 0) is 44.9 Å². The van der Waals surface area contributed by atoms with E-state index in [9.17, 15) is 14.4 Å². The third-order valence-corrected chi connectivity index (χ3v) is 15.8. The van der Waals surface area contributed by atoms with Gasteiger partial charge in [0.25, 0.3) is 0 Å². The highest BCUT2D eigenvalue weighted by Crippen LogP contribution is 2.19. The normalized spacial score (nSPS) is 12.0.